The smallest absolute Gasteiger partial charge is 0.0704 e. The lowest BCUT2D eigenvalue weighted by Crippen LogP contribution is -2.18. The van der Waals surface area contributed by atoms with Crippen molar-refractivity contribution in [1.82, 2.24) is 4.98 Å². The van der Waals surface area contributed by atoms with Gasteiger partial charge in [-0.05, 0) is 37.0 Å². The van der Waals surface area contributed by atoms with Gasteiger partial charge in [0.1, 0.15) is 0 Å². The van der Waals surface area contributed by atoms with Gasteiger partial charge in [-0.2, -0.15) is 0 Å². The van der Waals surface area contributed by atoms with E-state index in [1.54, 1.807) is 0 Å². The van der Waals surface area contributed by atoms with Crippen LogP contribution in [-0.2, 0) is 6.42 Å². The number of hydrogen-bond donors (Lipinski definition) is 1. The zero-order chi connectivity index (χ0) is 12.3. The maximum atomic E-state index is 9.73. The predicted molar refractivity (Wildman–Crippen MR) is 70.9 cm³/mol. The van der Waals surface area contributed by atoms with Crippen LogP contribution in [0.15, 0.2) is 36.5 Å². The summed E-state index contributed by atoms with van der Waals surface area (Å²) < 4.78 is 0. The molecule has 1 aromatic carbocycles. The van der Waals surface area contributed by atoms with E-state index in [2.05, 4.69) is 24.0 Å². The number of para-hydroxylation sites is 1. The van der Waals surface area contributed by atoms with E-state index in [4.69, 9.17) is 0 Å². The number of pyridine rings is 1. The third-order valence-electron chi connectivity index (χ3n) is 3.43. The highest BCUT2D eigenvalue weighted by Gasteiger charge is 2.14. The topological polar surface area (TPSA) is 33.1 Å². The first-order valence-electron chi connectivity index (χ1n) is 6.23. The Morgan fingerprint density at radius 2 is 2.00 bits per heavy atom. The minimum Gasteiger partial charge on any atom is -0.393 e. The number of benzene rings is 1. The molecule has 0 bridgehead atoms. The fraction of sp³-hybridized carbons (Fsp3) is 0.400. The molecule has 90 valence electrons. The minimum absolute atomic E-state index is 0.257. The van der Waals surface area contributed by atoms with Crippen LogP contribution in [0.4, 0.5) is 0 Å². The number of aliphatic hydroxyl groups is 1. The molecule has 0 saturated carbocycles. The van der Waals surface area contributed by atoms with Crippen LogP contribution in [-0.4, -0.2) is 16.2 Å². The molecule has 0 spiro atoms. The van der Waals surface area contributed by atoms with Crippen LogP contribution >= 0.6 is 0 Å². The monoisotopic (exact) mass is 229 g/mol. The van der Waals surface area contributed by atoms with E-state index in [-0.39, 0.29) is 6.10 Å². The van der Waals surface area contributed by atoms with E-state index >= 15 is 0 Å². The van der Waals surface area contributed by atoms with Gasteiger partial charge in [0.15, 0.2) is 0 Å². The number of fused-ring (bicyclic) bond motifs is 1. The van der Waals surface area contributed by atoms with Gasteiger partial charge in [-0.15, -0.1) is 0 Å². The van der Waals surface area contributed by atoms with Crippen molar-refractivity contribution in [1.29, 1.82) is 0 Å². The SMILES string of the molecule is CCC(Cc1ccnc2ccccc12)C(C)O. The van der Waals surface area contributed by atoms with E-state index in [0.717, 1.165) is 18.4 Å². The molecule has 1 aromatic heterocycles. The molecular formula is C15H19NO. The first-order chi connectivity index (χ1) is 8.22. The van der Waals surface area contributed by atoms with Crippen LogP contribution in [0.5, 0.6) is 0 Å². The molecule has 17 heavy (non-hydrogen) atoms. The molecule has 2 aromatic rings. The van der Waals surface area contributed by atoms with Crippen molar-refractivity contribution in [3.8, 4) is 0 Å². The Morgan fingerprint density at radius 3 is 2.71 bits per heavy atom. The van der Waals surface area contributed by atoms with Crippen molar-refractivity contribution in [2.75, 3.05) is 0 Å². The van der Waals surface area contributed by atoms with Gasteiger partial charge in [0.2, 0.25) is 0 Å². The van der Waals surface area contributed by atoms with Crippen molar-refractivity contribution in [3.05, 3.63) is 42.1 Å². The van der Waals surface area contributed by atoms with Gasteiger partial charge in [-0.3, -0.25) is 4.98 Å². The Bertz CT molecular complexity index is 488. The van der Waals surface area contributed by atoms with Crippen LogP contribution in [0.2, 0.25) is 0 Å². The lowest BCUT2D eigenvalue weighted by molar-refractivity contribution is 0.123. The maximum absolute atomic E-state index is 9.73. The van der Waals surface area contributed by atoms with Crippen LogP contribution in [0, 0.1) is 5.92 Å². The Balaban J connectivity index is 2.35. The summed E-state index contributed by atoms with van der Waals surface area (Å²) in [7, 11) is 0. The average Bonchev–Trinajstić information content (AvgIpc) is 2.35. The first kappa shape index (κ1) is 12.1. The predicted octanol–water partition coefficient (Wildman–Crippen LogP) is 3.18. The quantitative estimate of drug-likeness (QED) is 0.873. The van der Waals surface area contributed by atoms with Crippen molar-refractivity contribution in [2.45, 2.75) is 32.8 Å². The highest BCUT2D eigenvalue weighted by molar-refractivity contribution is 5.81. The number of nitrogens with zero attached hydrogens (tertiary/aromatic N) is 1. The van der Waals surface area contributed by atoms with Gasteiger partial charge in [0.25, 0.3) is 0 Å². The summed E-state index contributed by atoms with van der Waals surface area (Å²) in [6.45, 7) is 4.00. The summed E-state index contributed by atoms with van der Waals surface area (Å²) in [5.41, 5.74) is 2.31. The zero-order valence-electron chi connectivity index (χ0n) is 10.4. The highest BCUT2D eigenvalue weighted by atomic mass is 16.3. The van der Waals surface area contributed by atoms with Gasteiger partial charge >= 0.3 is 0 Å². The molecule has 0 aliphatic rings. The lowest BCUT2D eigenvalue weighted by Gasteiger charge is -2.18. The Morgan fingerprint density at radius 1 is 1.24 bits per heavy atom. The van der Waals surface area contributed by atoms with Gasteiger partial charge in [0, 0.05) is 11.6 Å². The second-order valence-corrected chi connectivity index (χ2v) is 4.60. The van der Waals surface area contributed by atoms with Crippen molar-refractivity contribution in [3.63, 3.8) is 0 Å². The summed E-state index contributed by atoms with van der Waals surface area (Å²) >= 11 is 0. The first-order valence-corrected chi connectivity index (χ1v) is 6.23. The largest absolute Gasteiger partial charge is 0.393 e. The molecule has 2 unspecified atom stereocenters. The van der Waals surface area contributed by atoms with Gasteiger partial charge < -0.3 is 5.11 Å². The molecule has 0 amide bonds. The molecule has 0 aliphatic carbocycles. The van der Waals surface area contributed by atoms with Gasteiger partial charge in [-0.25, -0.2) is 0 Å². The zero-order valence-corrected chi connectivity index (χ0v) is 10.4. The van der Waals surface area contributed by atoms with Crippen molar-refractivity contribution in [2.24, 2.45) is 5.92 Å². The number of aromatic nitrogens is 1. The normalized spacial score (nSPS) is 14.8. The molecule has 2 atom stereocenters. The molecule has 0 radical (unpaired) electrons. The number of aliphatic hydroxyl groups excluding tert-OH is 1. The van der Waals surface area contributed by atoms with Gasteiger partial charge in [-0.1, -0.05) is 31.5 Å². The summed E-state index contributed by atoms with van der Waals surface area (Å²) in [4.78, 5) is 4.36. The maximum Gasteiger partial charge on any atom is 0.0704 e. The van der Waals surface area contributed by atoms with E-state index in [1.165, 1.54) is 10.9 Å². The third kappa shape index (κ3) is 2.64. The van der Waals surface area contributed by atoms with E-state index in [9.17, 15) is 5.11 Å². The van der Waals surface area contributed by atoms with Crippen molar-refractivity contribution >= 4 is 10.9 Å². The summed E-state index contributed by atoms with van der Waals surface area (Å²) in [5, 5.41) is 10.9. The van der Waals surface area contributed by atoms with E-state index in [0.29, 0.717) is 5.92 Å². The fourth-order valence-corrected chi connectivity index (χ4v) is 2.27. The number of hydrogen-bond acceptors (Lipinski definition) is 2. The standard InChI is InChI=1S/C15H19NO/c1-3-12(11(2)17)10-13-8-9-16-15-7-5-4-6-14(13)15/h4-9,11-12,17H,3,10H2,1-2H3. The van der Waals surface area contributed by atoms with Crippen molar-refractivity contribution < 1.29 is 5.11 Å². The van der Waals surface area contributed by atoms with Gasteiger partial charge in [0.05, 0.1) is 11.6 Å². The summed E-state index contributed by atoms with van der Waals surface area (Å²) in [6, 6.07) is 10.2. The number of rotatable bonds is 4. The van der Waals surface area contributed by atoms with E-state index in [1.807, 2.05) is 31.3 Å². The molecule has 2 heteroatoms. The van der Waals surface area contributed by atoms with Crippen LogP contribution in [0.25, 0.3) is 10.9 Å². The Hall–Kier alpha value is -1.41. The Kier molecular flexibility index (Phi) is 3.75. The summed E-state index contributed by atoms with van der Waals surface area (Å²) in [5.74, 6) is 0.320. The second kappa shape index (κ2) is 5.28. The van der Waals surface area contributed by atoms with E-state index < -0.39 is 0 Å². The third-order valence-corrected chi connectivity index (χ3v) is 3.43. The van der Waals surface area contributed by atoms with Crippen LogP contribution < -0.4 is 0 Å². The molecule has 2 nitrogen and oxygen atoms in total. The second-order valence-electron chi connectivity index (χ2n) is 4.60. The highest BCUT2D eigenvalue weighted by Crippen LogP contribution is 2.22. The lowest BCUT2D eigenvalue weighted by atomic mass is 9.91. The molecule has 0 fully saturated rings. The molecule has 0 saturated heterocycles. The fourth-order valence-electron chi connectivity index (χ4n) is 2.27. The Labute approximate surface area is 102 Å². The molecule has 2 rings (SSSR count). The van der Waals surface area contributed by atoms with Crippen LogP contribution in [0.1, 0.15) is 25.8 Å². The molecule has 1 heterocycles. The summed E-state index contributed by atoms with van der Waals surface area (Å²) in [6.07, 6.45) is 3.50. The molecular weight excluding hydrogens is 210 g/mol. The minimum atomic E-state index is -0.257. The average molecular weight is 229 g/mol. The molecule has 0 aliphatic heterocycles. The van der Waals surface area contributed by atoms with Crippen LogP contribution in [0.3, 0.4) is 0 Å². The molecule has 1 N–H and O–H groups in total.